The number of aromatic nitrogens is 3. The van der Waals surface area contributed by atoms with Gasteiger partial charge in [0.05, 0.1) is 14.2 Å². The lowest BCUT2D eigenvalue weighted by molar-refractivity contribution is -0.152. The van der Waals surface area contributed by atoms with Crippen molar-refractivity contribution in [3.05, 3.63) is 0 Å². The average molecular weight is 340 g/mol. The average Bonchev–Trinajstić information content (AvgIpc) is 2.53. The molecule has 0 atom stereocenters. The van der Waals surface area contributed by atoms with Gasteiger partial charge in [-0.25, -0.2) is 0 Å². The first-order valence-electron chi connectivity index (χ1n) is 7.38. The fourth-order valence-corrected chi connectivity index (χ4v) is 1.13. The molecular formula is C16H28N4O4. The lowest BCUT2D eigenvalue weighted by atomic mass is 10.2. The molecule has 1 rings (SSSR count). The van der Waals surface area contributed by atoms with E-state index in [4.69, 9.17) is 14.2 Å². The third-order valence-corrected chi connectivity index (χ3v) is 1.77. The van der Waals surface area contributed by atoms with Crippen LogP contribution in [0.3, 0.4) is 0 Å². The highest BCUT2D eigenvalue weighted by atomic mass is 16.6. The maximum Gasteiger partial charge on any atom is 0.325 e. The van der Waals surface area contributed by atoms with Crippen molar-refractivity contribution in [2.45, 2.75) is 46.6 Å². The molecule has 24 heavy (non-hydrogen) atoms. The summed E-state index contributed by atoms with van der Waals surface area (Å²) in [6, 6.07) is 0.192. The number of anilines is 1. The van der Waals surface area contributed by atoms with Crippen LogP contribution in [-0.4, -0.2) is 47.3 Å². The minimum Gasteiger partial charge on any atom is -0.467 e. The van der Waals surface area contributed by atoms with Crippen molar-refractivity contribution < 1.29 is 19.0 Å². The van der Waals surface area contributed by atoms with Crippen LogP contribution in [0.25, 0.3) is 0 Å². The van der Waals surface area contributed by atoms with E-state index in [1.165, 1.54) is 20.6 Å². The predicted octanol–water partition coefficient (Wildman–Crippen LogP) is 2.31. The Labute approximate surface area is 144 Å². The number of nitrogens with zero attached hydrogens (tertiary/aromatic N) is 3. The second-order valence-electron chi connectivity index (χ2n) is 5.28. The van der Waals surface area contributed by atoms with Gasteiger partial charge >= 0.3 is 18.0 Å². The van der Waals surface area contributed by atoms with E-state index >= 15 is 0 Å². The molecule has 0 aliphatic heterocycles. The number of methoxy groups -OCH3 is 2. The highest BCUT2D eigenvalue weighted by Gasteiger charge is 2.16. The first-order valence-corrected chi connectivity index (χ1v) is 7.38. The normalized spacial score (nSPS) is 9.38. The SMILES string of the molecule is C#C.CCC.COc1nc(NCC(=O)OC(C)(C)C)nc(OC)n1. The first kappa shape index (κ1) is 23.7. The molecule has 0 aromatic carbocycles. The van der Waals surface area contributed by atoms with Crippen molar-refractivity contribution in [2.24, 2.45) is 0 Å². The second kappa shape index (κ2) is 12.9. The number of carbonyl (C=O) groups is 1. The molecule has 0 bridgehead atoms. The summed E-state index contributed by atoms with van der Waals surface area (Å²) in [6.45, 7) is 9.56. The highest BCUT2D eigenvalue weighted by molar-refractivity contribution is 5.74. The lowest BCUT2D eigenvalue weighted by Gasteiger charge is -2.19. The maximum absolute atomic E-state index is 11.5. The summed E-state index contributed by atoms with van der Waals surface area (Å²) in [5.74, 6) is -0.236. The third-order valence-electron chi connectivity index (χ3n) is 1.77. The van der Waals surface area contributed by atoms with Crippen LogP contribution in [0.1, 0.15) is 41.0 Å². The van der Waals surface area contributed by atoms with Gasteiger partial charge in [-0.3, -0.25) is 4.79 Å². The van der Waals surface area contributed by atoms with Gasteiger partial charge < -0.3 is 19.5 Å². The van der Waals surface area contributed by atoms with Crippen molar-refractivity contribution in [3.8, 4) is 24.9 Å². The fourth-order valence-electron chi connectivity index (χ4n) is 1.13. The summed E-state index contributed by atoms with van der Waals surface area (Å²) in [5.41, 5.74) is -0.534. The molecular weight excluding hydrogens is 312 g/mol. The molecule has 0 radical (unpaired) electrons. The molecule has 0 aliphatic carbocycles. The standard InChI is InChI=1S/C11H18N4O4.C3H8.C2H2/c1-11(2,3)19-7(16)6-12-8-13-9(17-4)15-10(14-8)18-5;1-3-2;1-2/h6H2,1-5H3,(H,12,13,14,15);3H2,1-2H3;1-2H. The topological polar surface area (TPSA) is 95.5 Å². The van der Waals surface area contributed by atoms with E-state index in [-0.39, 0.29) is 24.5 Å². The van der Waals surface area contributed by atoms with Crippen molar-refractivity contribution in [1.82, 2.24) is 15.0 Å². The molecule has 136 valence electrons. The van der Waals surface area contributed by atoms with E-state index < -0.39 is 11.6 Å². The van der Waals surface area contributed by atoms with Crippen molar-refractivity contribution in [1.29, 1.82) is 0 Å². The van der Waals surface area contributed by atoms with E-state index in [0.717, 1.165) is 0 Å². The fraction of sp³-hybridized carbons (Fsp3) is 0.625. The van der Waals surface area contributed by atoms with Gasteiger partial charge in [-0.15, -0.1) is 17.8 Å². The Kier molecular flexibility index (Phi) is 12.8. The van der Waals surface area contributed by atoms with E-state index in [1.54, 1.807) is 20.8 Å². The minimum absolute atomic E-state index is 0.0619. The van der Waals surface area contributed by atoms with Crippen LogP contribution in [-0.2, 0) is 9.53 Å². The molecule has 0 saturated carbocycles. The van der Waals surface area contributed by atoms with Gasteiger partial charge in [0, 0.05) is 0 Å². The summed E-state index contributed by atoms with van der Waals surface area (Å²) < 4.78 is 14.9. The number of ether oxygens (including phenoxy) is 3. The van der Waals surface area contributed by atoms with Gasteiger partial charge in [0.2, 0.25) is 5.95 Å². The van der Waals surface area contributed by atoms with Crippen LogP contribution < -0.4 is 14.8 Å². The van der Waals surface area contributed by atoms with E-state index in [0.29, 0.717) is 0 Å². The Balaban J connectivity index is 0. The molecule has 1 N–H and O–H groups in total. The number of nitrogens with one attached hydrogen (secondary N) is 1. The van der Waals surface area contributed by atoms with Gasteiger partial charge in [-0.1, -0.05) is 20.3 Å². The van der Waals surface area contributed by atoms with Crippen LogP contribution in [0.15, 0.2) is 0 Å². The van der Waals surface area contributed by atoms with E-state index in [9.17, 15) is 4.79 Å². The predicted molar refractivity (Wildman–Crippen MR) is 93.1 cm³/mol. The molecule has 8 heteroatoms. The number of hydrogen-bond donors (Lipinski definition) is 1. The van der Waals surface area contributed by atoms with E-state index in [2.05, 4.69) is 47.0 Å². The molecule has 0 fully saturated rings. The highest BCUT2D eigenvalue weighted by Crippen LogP contribution is 2.12. The van der Waals surface area contributed by atoms with Crippen LogP contribution in [0, 0.1) is 12.8 Å². The Hall–Kier alpha value is -2.56. The van der Waals surface area contributed by atoms with Crippen LogP contribution >= 0.6 is 0 Å². The summed E-state index contributed by atoms with van der Waals surface area (Å²) in [7, 11) is 2.85. The quantitative estimate of drug-likeness (QED) is 0.644. The largest absolute Gasteiger partial charge is 0.467 e. The summed E-state index contributed by atoms with van der Waals surface area (Å²) >= 11 is 0. The molecule has 0 aliphatic rings. The molecule has 8 nitrogen and oxygen atoms in total. The smallest absolute Gasteiger partial charge is 0.325 e. The number of carbonyl (C=O) groups excluding carboxylic acids is 1. The number of esters is 1. The maximum atomic E-state index is 11.5. The lowest BCUT2D eigenvalue weighted by Crippen LogP contribution is -2.28. The summed E-state index contributed by atoms with van der Waals surface area (Å²) in [6.07, 6.45) is 9.25. The van der Waals surface area contributed by atoms with Gasteiger partial charge in [0.15, 0.2) is 0 Å². The Bertz CT molecular complexity index is 476. The summed E-state index contributed by atoms with van der Waals surface area (Å²) in [4.78, 5) is 23.2. The zero-order valence-electron chi connectivity index (χ0n) is 15.5. The molecule has 0 unspecified atom stereocenters. The summed E-state index contributed by atoms with van der Waals surface area (Å²) in [5, 5.41) is 2.72. The Morgan fingerprint density at radius 3 is 1.79 bits per heavy atom. The van der Waals surface area contributed by atoms with Crippen molar-refractivity contribution in [3.63, 3.8) is 0 Å². The number of rotatable bonds is 5. The Morgan fingerprint density at radius 1 is 1.04 bits per heavy atom. The zero-order valence-corrected chi connectivity index (χ0v) is 15.5. The van der Waals surface area contributed by atoms with Crippen LogP contribution in [0.4, 0.5) is 5.95 Å². The number of terminal acetylenes is 1. The van der Waals surface area contributed by atoms with Gasteiger partial charge in [0.1, 0.15) is 12.1 Å². The molecule has 1 aromatic rings. The zero-order chi connectivity index (χ0) is 19.2. The third kappa shape index (κ3) is 12.0. The van der Waals surface area contributed by atoms with Crippen molar-refractivity contribution in [2.75, 3.05) is 26.1 Å². The van der Waals surface area contributed by atoms with Gasteiger partial charge in [-0.05, 0) is 20.8 Å². The first-order chi connectivity index (χ1) is 11.3. The van der Waals surface area contributed by atoms with Gasteiger partial charge in [0.25, 0.3) is 0 Å². The van der Waals surface area contributed by atoms with Crippen LogP contribution in [0.2, 0.25) is 0 Å². The monoisotopic (exact) mass is 340 g/mol. The van der Waals surface area contributed by atoms with Crippen molar-refractivity contribution >= 4 is 11.9 Å². The second-order valence-corrected chi connectivity index (χ2v) is 5.28. The molecule has 0 amide bonds. The van der Waals surface area contributed by atoms with Gasteiger partial charge in [-0.2, -0.15) is 9.97 Å². The Morgan fingerprint density at radius 2 is 1.46 bits per heavy atom. The number of hydrogen-bond acceptors (Lipinski definition) is 8. The molecule has 0 spiro atoms. The molecule has 0 saturated heterocycles. The van der Waals surface area contributed by atoms with Crippen LogP contribution in [0.5, 0.6) is 12.0 Å². The molecule has 1 aromatic heterocycles. The molecule has 1 heterocycles. The minimum atomic E-state index is -0.534. The van der Waals surface area contributed by atoms with E-state index in [1.807, 2.05) is 0 Å².